The van der Waals surface area contributed by atoms with E-state index in [1.54, 1.807) is 0 Å². The third-order valence-corrected chi connectivity index (χ3v) is 0.738. The van der Waals surface area contributed by atoms with Crippen molar-refractivity contribution in [1.29, 1.82) is 0 Å². The first-order chi connectivity index (χ1) is 4.31. The lowest BCUT2D eigenvalue weighted by atomic mass is 10.4. The van der Waals surface area contributed by atoms with Gasteiger partial charge < -0.3 is 14.9 Å². The maximum atomic E-state index is 9.83. The standard InChI is InChI=1S/C5H11O4/c6-1-2-9-4-5(8)3-7/h5-6,8H,1-4H2. The Morgan fingerprint density at radius 1 is 1.56 bits per heavy atom. The molecule has 0 aromatic carbocycles. The normalized spacial score (nSPS) is 13.7. The summed E-state index contributed by atoms with van der Waals surface area (Å²) >= 11 is 0. The van der Waals surface area contributed by atoms with Gasteiger partial charge in [-0.2, -0.15) is 0 Å². The lowest BCUT2D eigenvalue weighted by Gasteiger charge is -2.04. The van der Waals surface area contributed by atoms with E-state index in [0.717, 1.165) is 0 Å². The summed E-state index contributed by atoms with van der Waals surface area (Å²) in [6, 6.07) is 0. The van der Waals surface area contributed by atoms with Crippen molar-refractivity contribution in [1.82, 2.24) is 0 Å². The van der Waals surface area contributed by atoms with Crippen LogP contribution in [0.5, 0.6) is 0 Å². The fourth-order valence-electron chi connectivity index (χ4n) is 0.332. The van der Waals surface area contributed by atoms with Crippen molar-refractivity contribution in [2.75, 3.05) is 26.4 Å². The number of hydrogen-bond acceptors (Lipinski definition) is 3. The summed E-state index contributed by atoms with van der Waals surface area (Å²) < 4.78 is 4.64. The van der Waals surface area contributed by atoms with Gasteiger partial charge in [-0.05, 0) is 0 Å². The molecule has 0 saturated carbocycles. The lowest BCUT2D eigenvalue weighted by molar-refractivity contribution is -0.0193. The van der Waals surface area contributed by atoms with Crippen LogP contribution in [0.25, 0.3) is 0 Å². The van der Waals surface area contributed by atoms with Gasteiger partial charge in [0.2, 0.25) is 0 Å². The average Bonchev–Trinajstić information content (AvgIpc) is 1.89. The van der Waals surface area contributed by atoms with E-state index in [-0.39, 0.29) is 19.8 Å². The molecule has 4 nitrogen and oxygen atoms in total. The number of aliphatic hydroxyl groups excluding tert-OH is 2. The van der Waals surface area contributed by atoms with Gasteiger partial charge in [-0.3, -0.25) is 0 Å². The van der Waals surface area contributed by atoms with E-state index in [2.05, 4.69) is 4.74 Å². The fourth-order valence-corrected chi connectivity index (χ4v) is 0.332. The van der Waals surface area contributed by atoms with Gasteiger partial charge in [0, 0.05) is 0 Å². The quantitative estimate of drug-likeness (QED) is 0.464. The average molecular weight is 135 g/mol. The van der Waals surface area contributed by atoms with Crippen LogP contribution in [-0.2, 0) is 9.84 Å². The van der Waals surface area contributed by atoms with Gasteiger partial charge in [0.15, 0.2) is 0 Å². The molecule has 0 amide bonds. The molecule has 0 aliphatic carbocycles. The molecule has 0 rings (SSSR count). The zero-order valence-corrected chi connectivity index (χ0v) is 5.12. The SMILES string of the molecule is [O]CC(O)COCCO. The second-order valence-corrected chi connectivity index (χ2v) is 1.62. The van der Waals surface area contributed by atoms with Gasteiger partial charge in [0.05, 0.1) is 19.8 Å². The summed E-state index contributed by atoms with van der Waals surface area (Å²) in [4.78, 5) is 0. The first kappa shape index (κ1) is 8.84. The molecular formula is C5H11O4. The fraction of sp³-hybridized carbons (Fsp3) is 1.00. The Kier molecular flexibility index (Phi) is 5.86. The van der Waals surface area contributed by atoms with Crippen molar-refractivity contribution in [3.63, 3.8) is 0 Å². The largest absolute Gasteiger partial charge is 0.394 e. The molecule has 0 heterocycles. The van der Waals surface area contributed by atoms with Crippen LogP contribution >= 0.6 is 0 Å². The molecule has 4 heteroatoms. The number of hydrogen-bond donors (Lipinski definition) is 2. The molecule has 0 aliphatic heterocycles. The maximum absolute atomic E-state index is 9.83. The Balaban J connectivity index is 2.88. The minimum atomic E-state index is -0.934. The Hall–Kier alpha value is -0.160. The molecule has 0 saturated heterocycles. The van der Waals surface area contributed by atoms with Crippen molar-refractivity contribution in [3.8, 4) is 0 Å². The Morgan fingerprint density at radius 2 is 2.22 bits per heavy atom. The summed E-state index contributed by atoms with van der Waals surface area (Å²) in [5.41, 5.74) is 0. The number of ether oxygens (including phenoxy) is 1. The van der Waals surface area contributed by atoms with E-state index in [0.29, 0.717) is 0 Å². The van der Waals surface area contributed by atoms with Crippen molar-refractivity contribution < 1.29 is 20.1 Å². The predicted molar refractivity (Wildman–Crippen MR) is 29.5 cm³/mol. The van der Waals surface area contributed by atoms with Crippen molar-refractivity contribution in [3.05, 3.63) is 0 Å². The van der Waals surface area contributed by atoms with Crippen LogP contribution in [0.15, 0.2) is 0 Å². The van der Waals surface area contributed by atoms with Gasteiger partial charge in [0.1, 0.15) is 12.7 Å². The van der Waals surface area contributed by atoms with Gasteiger partial charge in [-0.25, -0.2) is 5.11 Å². The predicted octanol–water partition coefficient (Wildman–Crippen LogP) is -1.21. The van der Waals surface area contributed by atoms with E-state index >= 15 is 0 Å². The van der Waals surface area contributed by atoms with Gasteiger partial charge in [0.25, 0.3) is 0 Å². The van der Waals surface area contributed by atoms with E-state index in [1.807, 2.05) is 0 Å². The minimum Gasteiger partial charge on any atom is -0.394 e. The highest BCUT2D eigenvalue weighted by Gasteiger charge is 2.00. The molecule has 55 valence electrons. The molecule has 0 fully saturated rings. The molecule has 0 bridgehead atoms. The topological polar surface area (TPSA) is 69.6 Å². The molecule has 1 radical (unpaired) electrons. The Bertz CT molecular complexity index is 56.9. The van der Waals surface area contributed by atoms with Crippen LogP contribution in [-0.4, -0.2) is 42.7 Å². The third-order valence-electron chi connectivity index (χ3n) is 0.738. The molecule has 0 aromatic heterocycles. The Morgan fingerprint density at radius 3 is 2.67 bits per heavy atom. The molecule has 1 unspecified atom stereocenters. The van der Waals surface area contributed by atoms with Crippen LogP contribution in [0.1, 0.15) is 0 Å². The highest BCUT2D eigenvalue weighted by atomic mass is 16.5. The van der Waals surface area contributed by atoms with Crippen LogP contribution in [0.4, 0.5) is 0 Å². The lowest BCUT2D eigenvalue weighted by Crippen LogP contribution is -2.19. The van der Waals surface area contributed by atoms with E-state index in [1.165, 1.54) is 0 Å². The van der Waals surface area contributed by atoms with Gasteiger partial charge >= 0.3 is 0 Å². The maximum Gasteiger partial charge on any atom is 0.110 e. The summed E-state index contributed by atoms with van der Waals surface area (Å²) in [5.74, 6) is 0. The van der Waals surface area contributed by atoms with Crippen LogP contribution in [0.2, 0.25) is 0 Å². The molecular weight excluding hydrogens is 124 g/mol. The van der Waals surface area contributed by atoms with Crippen molar-refractivity contribution in [2.45, 2.75) is 6.10 Å². The highest BCUT2D eigenvalue weighted by Crippen LogP contribution is 1.82. The molecule has 0 aromatic rings. The van der Waals surface area contributed by atoms with Crippen molar-refractivity contribution >= 4 is 0 Å². The molecule has 9 heavy (non-hydrogen) atoms. The van der Waals surface area contributed by atoms with Crippen LogP contribution in [0.3, 0.4) is 0 Å². The number of rotatable bonds is 5. The monoisotopic (exact) mass is 135 g/mol. The van der Waals surface area contributed by atoms with E-state index < -0.39 is 12.7 Å². The van der Waals surface area contributed by atoms with E-state index in [4.69, 9.17) is 10.2 Å². The van der Waals surface area contributed by atoms with Gasteiger partial charge in [-0.15, -0.1) is 0 Å². The first-order valence-corrected chi connectivity index (χ1v) is 2.76. The zero-order chi connectivity index (χ0) is 7.11. The highest BCUT2D eigenvalue weighted by molar-refractivity contribution is 4.47. The smallest absolute Gasteiger partial charge is 0.110 e. The Labute approximate surface area is 53.7 Å². The summed E-state index contributed by atoms with van der Waals surface area (Å²) in [5, 5.41) is 26.6. The summed E-state index contributed by atoms with van der Waals surface area (Å²) in [6.45, 7) is -0.432. The first-order valence-electron chi connectivity index (χ1n) is 2.76. The van der Waals surface area contributed by atoms with Gasteiger partial charge in [-0.1, -0.05) is 0 Å². The zero-order valence-electron chi connectivity index (χ0n) is 5.12. The molecule has 2 N–H and O–H groups in total. The van der Waals surface area contributed by atoms with Crippen molar-refractivity contribution in [2.24, 2.45) is 0 Å². The van der Waals surface area contributed by atoms with Crippen LogP contribution in [0, 0.1) is 0 Å². The molecule has 0 aliphatic rings. The molecule has 1 atom stereocenters. The second kappa shape index (κ2) is 5.97. The number of aliphatic hydroxyl groups is 2. The molecule has 0 spiro atoms. The van der Waals surface area contributed by atoms with E-state index in [9.17, 15) is 5.11 Å². The summed E-state index contributed by atoms with van der Waals surface area (Å²) in [6.07, 6.45) is -0.934. The third kappa shape index (κ3) is 5.72. The van der Waals surface area contributed by atoms with Crippen LogP contribution < -0.4 is 0 Å². The minimum absolute atomic E-state index is 0.0179. The second-order valence-electron chi connectivity index (χ2n) is 1.62. The summed E-state index contributed by atoms with van der Waals surface area (Å²) in [7, 11) is 0.